The SMILES string of the molecule is [3H]OCCN1C(=O)N(c2ccccc2Cl)Cc2cnc(SCc3ccccc3)nc21. The fourth-order valence-electron chi connectivity index (χ4n) is 3.14. The number of para-hydroxylation sites is 1. The second kappa shape index (κ2) is 8.82. The fraction of sp³-hybridized carbons (Fsp3) is 0.190. The van der Waals surface area contributed by atoms with Crippen LogP contribution in [0.5, 0.6) is 0 Å². The van der Waals surface area contributed by atoms with Crippen molar-refractivity contribution < 1.29 is 9.90 Å². The van der Waals surface area contributed by atoms with Crippen LogP contribution in [0.3, 0.4) is 0 Å². The van der Waals surface area contributed by atoms with Crippen LogP contribution in [0, 0.1) is 0 Å². The number of aliphatic hydroxyl groups is 1. The van der Waals surface area contributed by atoms with Crippen molar-refractivity contribution in [3.63, 3.8) is 0 Å². The molecule has 8 heteroatoms. The van der Waals surface area contributed by atoms with Gasteiger partial charge in [0, 0.05) is 17.5 Å². The second-order valence-corrected chi connectivity index (χ2v) is 7.80. The van der Waals surface area contributed by atoms with Crippen LogP contribution in [-0.2, 0) is 12.3 Å². The number of anilines is 2. The van der Waals surface area contributed by atoms with E-state index in [1.807, 2.05) is 42.5 Å². The van der Waals surface area contributed by atoms with Gasteiger partial charge in [-0.25, -0.2) is 14.8 Å². The Morgan fingerprint density at radius 3 is 2.76 bits per heavy atom. The quantitative estimate of drug-likeness (QED) is 0.447. The lowest BCUT2D eigenvalue weighted by atomic mass is 10.2. The molecule has 3 aromatic rings. The lowest BCUT2D eigenvalue weighted by Gasteiger charge is -2.36. The van der Waals surface area contributed by atoms with Gasteiger partial charge >= 0.3 is 6.03 Å². The summed E-state index contributed by atoms with van der Waals surface area (Å²) in [5.74, 6) is 1.28. The van der Waals surface area contributed by atoms with E-state index in [0.29, 0.717) is 28.2 Å². The minimum atomic E-state index is -0.259. The summed E-state index contributed by atoms with van der Waals surface area (Å²) in [6.45, 7) is 0.591. The summed E-state index contributed by atoms with van der Waals surface area (Å²) in [7, 11) is 0. The third-order valence-corrected chi connectivity index (χ3v) is 5.79. The Morgan fingerprint density at radius 1 is 1.17 bits per heavy atom. The van der Waals surface area contributed by atoms with Crippen LogP contribution in [0.2, 0.25) is 5.02 Å². The highest BCUT2D eigenvalue weighted by atomic mass is 35.5. The number of carbonyl (C=O) groups excluding carboxylic acids is 1. The van der Waals surface area contributed by atoms with E-state index in [1.54, 1.807) is 23.2 Å². The number of nitrogens with zero attached hydrogens (tertiary/aromatic N) is 4. The number of benzene rings is 2. The van der Waals surface area contributed by atoms with Gasteiger partial charge in [0.05, 0.1) is 30.4 Å². The Bertz CT molecular complexity index is 1040. The monoisotopic (exact) mass is 428 g/mol. The topological polar surface area (TPSA) is 69.6 Å². The third kappa shape index (κ3) is 4.22. The highest BCUT2D eigenvalue weighted by Crippen LogP contribution is 2.34. The van der Waals surface area contributed by atoms with Gasteiger partial charge in [0.2, 0.25) is 1.43 Å². The summed E-state index contributed by atoms with van der Waals surface area (Å²) in [6.07, 6.45) is 1.75. The molecule has 0 atom stereocenters. The smallest absolute Gasteiger partial charge is 0.330 e. The number of halogens is 1. The predicted octanol–water partition coefficient (Wildman–Crippen LogP) is 4.36. The Balaban J connectivity index is 1.63. The molecule has 0 saturated heterocycles. The summed E-state index contributed by atoms with van der Waals surface area (Å²) < 4.78 is 7.01. The molecule has 0 saturated carbocycles. The second-order valence-electron chi connectivity index (χ2n) is 6.45. The van der Waals surface area contributed by atoms with Gasteiger partial charge in [-0.05, 0) is 17.7 Å². The highest BCUT2D eigenvalue weighted by molar-refractivity contribution is 7.98. The van der Waals surface area contributed by atoms with Crippen molar-refractivity contribution in [2.24, 2.45) is 0 Å². The predicted molar refractivity (Wildman–Crippen MR) is 115 cm³/mol. The van der Waals surface area contributed by atoms with E-state index in [-0.39, 0.29) is 19.2 Å². The van der Waals surface area contributed by atoms with E-state index in [4.69, 9.17) is 13.0 Å². The van der Waals surface area contributed by atoms with E-state index in [0.717, 1.165) is 11.3 Å². The van der Waals surface area contributed by atoms with Crippen molar-refractivity contribution in [2.45, 2.75) is 17.5 Å². The molecule has 2 heterocycles. The number of fused-ring (bicyclic) bond motifs is 1. The Hall–Kier alpha value is -2.61. The van der Waals surface area contributed by atoms with Crippen LogP contribution in [0.4, 0.5) is 16.3 Å². The standard InChI is InChI=1S/C21H19ClN4O2S/c22-17-8-4-5-9-18(17)26-13-16-12-23-20(29-14-15-6-2-1-3-7-15)24-19(16)25(10-11-27)21(26)28/h1-9,12,27H,10-11,13-14H2/i27T. The number of rotatable bonds is 7. The zero-order chi connectivity index (χ0) is 20.9. The van der Waals surface area contributed by atoms with Gasteiger partial charge < -0.3 is 5.11 Å². The van der Waals surface area contributed by atoms with Gasteiger partial charge in [-0.2, -0.15) is 0 Å². The maximum Gasteiger partial charge on any atom is 0.330 e. The largest absolute Gasteiger partial charge is 0.395 e. The molecule has 29 heavy (non-hydrogen) atoms. The van der Waals surface area contributed by atoms with Crippen LogP contribution >= 0.6 is 23.4 Å². The molecule has 148 valence electrons. The first-order valence-electron chi connectivity index (χ1n) is 9.52. The molecule has 0 radical (unpaired) electrons. The zero-order valence-electron chi connectivity index (χ0n) is 16.5. The first kappa shape index (κ1) is 18.4. The zero-order valence-corrected chi connectivity index (χ0v) is 17.1. The number of hydrogen-bond donors (Lipinski definition) is 1. The van der Waals surface area contributed by atoms with Crippen molar-refractivity contribution in [3.05, 3.63) is 76.9 Å². The van der Waals surface area contributed by atoms with Gasteiger partial charge in [-0.3, -0.25) is 9.80 Å². The molecular formula is C21H19ClN4O2S. The molecular weight excluding hydrogens is 408 g/mol. The lowest BCUT2D eigenvalue weighted by molar-refractivity contribution is 0.245. The summed E-state index contributed by atoms with van der Waals surface area (Å²) in [4.78, 5) is 25.5. The normalized spacial score (nSPS) is 14.0. The molecule has 4 rings (SSSR count). The van der Waals surface area contributed by atoms with Gasteiger partial charge in [0.25, 0.3) is 0 Å². The van der Waals surface area contributed by atoms with Gasteiger partial charge in [-0.1, -0.05) is 65.8 Å². The maximum atomic E-state index is 13.2. The van der Waals surface area contributed by atoms with Crippen LogP contribution in [-0.4, -0.2) is 35.7 Å². The first-order chi connectivity index (χ1) is 14.7. The molecule has 1 aromatic heterocycles. The summed E-state index contributed by atoms with van der Waals surface area (Å²) >= 11 is 7.83. The first-order valence-corrected chi connectivity index (χ1v) is 10.5. The van der Waals surface area contributed by atoms with Crippen LogP contribution < -0.4 is 9.80 Å². The van der Waals surface area contributed by atoms with Crippen molar-refractivity contribution in [3.8, 4) is 0 Å². The molecule has 0 fully saturated rings. The number of aromatic nitrogens is 2. The van der Waals surface area contributed by atoms with Crippen molar-refractivity contribution in [1.82, 2.24) is 9.97 Å². The molecule has 1 aliphatic rings. The molecule has 1 N–H and O–H groups in total. The molecule has 0 aliphatic carbocycles. The molecule has 6 nitrogen and oxygen atoms in total. The number of hydrogen-bond acceptors (Lipinski definition) is 5. The Labute approximate surface area is 179 Å². The number of β-amino-alcohol motifs (C(OH)–C–C–N with tert-alkyl or cyclic N) is 1. The van der Waals surface area contributed by atoms with Crippen LogP contribution in [0.25, 0.3) is 0 Å². The fourth-order valence-corrected chi connectivity index (χ4v) is 4.15. The van der Waals surface area contributed by atoms with E-state index in [1.165, 1.54) is 22.2 Å². The average Bonchev–Trinajstić information content (AvgIpc) is 2.78. The maximum absolute atomic E-state index is 13.2. The molecule has 0 spiro atoms. The summed E-state index contributed by atoms with van der Waals surface area (Å²) in [5.41, 5.74) is 2.60. The third-order valence-electron chi connectivity index (χ3n) is 4.53. The molecule has 2 aromatic carbocycles. The highest BCUT2D eigenvalue weighted by Gasteiger charge is 2.33. The molecule has 0 unspecified atom stereocenters. The van der Waals surface area contributed by atoms with E-state index in [9.17, 15) is 4.79 Å². The minimum Gasteiger partial charge on any atom is -0.395 e. The number of thioether (sulfide) groups is 1. The summed E-state index contributed by atoms with van der Waals surface area (Å²) in [5, 5.41) is 5.55. The van der Waals surface area contributed by atoms with E-state index in [2.05, 4.69) is 15.1 Å². The number of amides is 2. The summed E-state index contributed by atoms with van der Waals surface area (Å²) in [6, 6.07) is 17.0. The Morgan fingerprint density at radius 2 is 1.97 bits per heavy atom. The van der Waals surface area contributed by atoms with Crippen LogP contribution in [0.15, 0.2) is 66.0 Å². The lowest BCUT2D eigenvalue weighted by Crippen LogP contribution is -2.49. The minimum absolute atomic E-state index is 0.0675. The molecule has 0 bridgehead atoms. The van der Waals surface area contributed by atoms with Crippen molar-refractivity contribution >= 4 is 40.9 Å². The Kier molecular flexibility index (Phi) is 5.60. The van der Waals surface area contributed by atoms with E-state index >= 15 is 0 Å². The number of carbonyl (C=O) groups is 1. The molecule has 2 amide bonds. The number of aliphatic hydroxyl groups excluding tert-OH is 1. The van der Waals surface area contributed by atoms with Crippen molar-refractivity contribution in [1.29, 1.82) is 1.43 Å². The van der Waals surface area contributed by atoms with Gasteiger partial charge in [-0.15, -0.1) is 0 Å². The van der Waals surface area contributed by atoms with Crippen molar-refractivity contribution in [2.75, 3.05) is 23.0 Å². The molecule has 1 aliphatic heterocycles. The average molecular weight is 429 g/mol. The number of urea groups is 1. The van der Waals surface area contributed by atoms with Gasteiger partial charge in [0.15, 0.2) is 5.16 Å². The van der Waals surface area contributed by atoms with E-state index < -0.39 is 0 Å². The van der Waals surface area contributed by atoms with Gasteiger partial charge in [0.1, 0.15) is 5.82 Å². The van der Waals surface area contributed by atoms with Crippen LogP contribution in [0.1, 0.15) is 11.1 Å².